The first-order valence-corrected chi connectivity index (χ1v) is 15.3. The second-order valence-corrected chi connectivity index (χ2v) is 13.0. The Labute approximate surface area is 228 Å². The molecule has 12 heteroatoms. The minimum absolute atomic E-state index is 0.132. The van der Waals surface area contributed by atoms with Crippen LogP contribution in [0.5, 0.6) is 0 Å². The van der Waals surface area contributed by atoms with Gasteiger partial charge in [-0.05, 0) is 73.9 Å². The van der Waals surface area contributed by atoms with Gasteiger partial charge >= 0.3 is 0 Å². The molecule has 39 heavy (non-hydrogen) atoms. The summed E-state index contributed by atoms with van der Waals surface area (Å²) in [7, 11) is -6.94. The predicted octanol–water partition coefficient (Wildman–Crippen LogP) is 4.65. The third-order valence-electron chi connectivity index (χ3n) is 6.08. The van der Waals surface area contributed by atoms with E-state index in [1.54, 1.807) is 42.6 Å². The summed E-state index contributed by atoms with van der Waals surface area (Å²) in [5.41, 5.74) is 3.59. The van der Waals surface area contributed by atoms with Crippen molar-refractivity contribution in [2.45, 2.75) is 36.5 Å². The maximum atomic E-state index is 12.7. The molecule has 0 bridgehead atoms. The fourth-order valence-corrected chi connectivity index (χ4v) is 6.14. The van der Waals surface area contributed by atoms with Crippen molar-refractivity contribution in [1.29, 1.82) is 0 Å². The quantitative estimate of drug-likeness (QED) is 0.206. The molecular weight excluding hydrogens is 536 g/mol. The first-order valence-electron chi connectivity index (χ1n) is 12.3. The van der Waals surface area contributed by atoms with E-state index < -0.39 is 20.0 Å². The molecule has 10 nitrogen and oxygen atoms in total. The van der Waals surface area contributed by atoms with E-state index in [0.29, 0.717) is 23.1 Å². The third kappa shape index (κ3) is 6.91. The smallest absolute Gasteiger partial charge is 0.261 e. The molecular formula is C27H28N6O4S2. The molecule has 1 aromatic heterocycles. The van der Waals surface area contributed by atoms with Gasteiger partial charge < -0.3 is 10.6 Å². The first kappa shape index (κ1) is 26.6. The average molecular weight is 565 g/mol. The van der Waals surface area contributed by atoms with Crippen LogP contribution in [-0.2, 0) is 26.6 Å². The van der Waals surface area contributed by atoms with Crippen LogP contribution in [0.2, 0.25) is 0 Å². The lowest BCUT2D eigenvalue weighted by molar-refractivity contribution is 0.580. The van der Waals surface area contributed by atoms with Gasteiger partial charge in [0.15, 0.2) is 0 Å². The number of hydrogen-bond acceptors (Lipinski definition) is 8. The fourth-order valence-electron chi connectivity index (χ4n) is 3.72. The maximum absolute atomic E-state index is 12.7. The lowest BCUT2D eigenvalue weighted by atomic mass is 10.2. The second kappa shape index (κ2) is 11.0. The van der Waals surface area contributed by atoms with Crippen LogP contribution in [0.1, 0.15) is 24.0 Å². The molecule has 0 atom stereocenters. The summed E-state index contributed by atoms with van der Waals surface area (Å²) in [6.07, 6.45) is 3.14. The van der Waals surface area contributed by atoms with Crippen molar-refractivity contribution in [3.8, 4) is 0 Å². The Balaban J connectivity index is 1.22. The van der Waals surface area contributed by atoms with Crippen LogP contribution < -0.4 is 20.1 Å². The fraction of sp³-hybridized carbons (Fsp3) is 0.185. The van der Waals surface area contributed by atoms with Gasteiger partial charge in [-0.15, -0.1) is 0 Å². The number of aryl methyl sites for hydroxylation is 1. The zero-order valence-electron chi connectivity index (χ0n) is 21.1. The normalized spacial score (nSPS) is 13.6. The number of aromatic nitrogens is 2. The highest BCUT2D eigenvalue weighted by molar-refractivity contribution is 7.92. The van der Waals surface area contributed by atoms with Crippen molar-refractivity contribution in [1.82, 2.24) is 14.7 Å². The number of rotatable bonds is 11. The van der Waals surface area contributed by atoms with E-state index in [1.165, 1.54) is 12.1 Å². The molecule has 1 fully saturated rings. The van der Waals surface area contributed by atoms with Crippen LogP contribution in [0.4, 0.5) is 28.8 Å². The Morgan fingerprint density at radius 3 is 2.10 bits per heavy atom. The van der Waals surface area contributed by atoms with Crippen molar-refractivity contribution >= 4 is 48.9 Å². The first-order chi connectivity index (χ1) is 18.7. The van der Waals surface area contributed by atoms with Crippen molar-refractivity contribution < 1.29 is 16.8 Å². The SMILES string of the molecule is Cc1cnc(Nc2ccc(S(=O)(=O)Nc3ccccc3)cc2)nc1Nc1ccc(CNS(=O)(=O)C2CC2)cc1. The molecule has 0 unspecified atom stereocenters. The topological polar surface area (TPSA) is 142 Å². The van der Waals surface area contributed by atoms with E-state index in [9.17, 15) is 16.8 Å². The summed E-state index contributed by atoms with van der Waals surface area (Å²) >= 11 is 0. The van der Waals surface area contributed by atoms with Gasteiger partial charge in [-0.2, -0.15) is 4.98 Å². The van der Waals surface area contributed by atoms with Crippen molar-refractivity contribution in [2.75, 3.05) is 15.4 Å². The number of benzene rings is 3. The van der Waals surface area contributed by atoms with Crippen LogP contribution in [0, 0.1) is 6.92 Å². The van der Waals surface area contributed by atoms with E-state index in [0.717, 1.165) is 29.7 Å². The minimum Gasteiger partial charge on any atom is -0.340 e. The van der Waals surface area contributed by atoms with Crippen LogP contribution in [0.15, 0.2) is 90.0 Å². The highest BCUT2D eigenvalue weighted by atomic mass is 32.2. The molecule has 202 valence electrons. The predicted molar refractivity (Wildman–Crippen MR) is 152 cm³/mol. The van der Waals surface area contributed by atoms with Crippen molar-refractivity contribution in [3.63, 3.8) is 0 Å². The molecule has 1 heterocycles. The average Bonchev–Trinajstić information content (AvgIpc) is 3.78. The van der Waals surface area contributed by atoms with Gasteiger partial charge in [-0.3, -0.25) is 4.72 Å². The van der Waals surface area contributed by atoms with E-state index in [-0.39, 0.29) is 16.7 Å². The Bertz CT molecular complexity index is 1660. The highest BCUT2D eigenvalue weighted by Crippen LogP contribution is 2.28. The van der Waals surface area contributed by atoms with Gasteiger partial charge in [0.25, 0.3) is 10.0 Å². The molecule has 0 radical (unpaired) electrons. The van der Waals surface area contributed by atoms with Gasteiger partial charge in [-0.1, -0.05) is 30.3 Å². The molecule has 0 saturated heterocycles. The Kier molecular flexibility index (Phi) is 7.51. The maximum Gasteiger partial charge on any atom is 0.261 e. The Morgan fingerprint density at radius 2 is 1.44 bits per heavy atom. The molecule has 1 saturated carbocycles. The molecule has 5 rings (SSSR count). The third-order valence-corrected chi connectivity index (χ3v) is 9.37. The lowest BCUT2D eigenvalue weighted by Crippen LogP contribution is -2.26. The molecule has 1 aliphatic carbocycles. The van der Waals surface area contributed by atoms with Gasteiger partial charge in [0.2, 0.25) is 16.0 Å². The van der Waals surface area contributed by atoms with Crippen LogP contribution in [0.25, 0.3) is 0 Å². The van der Waals surface area contributed by atoms with Crippen molar-refractivity contribution in [2.24, 2.45) is 0 Å². The molecule has 0 aliphatic heterocycles. The Morgan fingerprint density at radius 1 is 0.795 bits per heavy atom. The van der Waals surface area contributed by atoms with Crippen LogP contribution >= 0.6 is 0 Å². The highest BCUT2D eigenvalue weighted by Gasteiger charge is 2.35. The summed E-state index contributed by atoms with van der Waals surface area (Å²) in [4.78, 5) is 9.01. The van der Waals surface area contributed by atoms with E-state index in [4.69, 9.17) is 0 Å². The zero-order valence-corrected chi connectivity index (χ0v) is 22.8. The van der Waals surface area contributed by atoms with E-state index in [1.807, 2.05) is 37.3 Å². The van der Waals surface area contributed by atoms with Gasteiger partial charge in [0.1, 0.15) is 5.82 Å². The number of anilines is 5. The molecule has 0 amide bonds. The van der Waals surface area contributed by atoms with Crippen LogP contribution in [-0.4, -0.2) is 32.1 Å². The number of hydrogen-bond donors (Lipinski definition) is 4. The molecule has 0 spiro atoms. The van der Waals surface area contributed by atoms with E-state index in [2.05, 4.69) is 30.0 Å². The Hall–Kier alpha value is -4.00. The summed E-state index contributed by atoms with van der Waals surface area (Å²) in [5, 5.41) is 6.11. The number of para-hydroxylation sites is 1. The summed E-state index contributed by atoms with van der Waals surface area (Å²) in [5.74, 6) is 0.938. The lowest BCUT2D eigenvalue weighted by Gasteiger charge is -2.12. The minimum atomic E-state index is -3.72. The second-order valence-electron chi connectivity index (χ2n) is 9.23. The van der Waals surface area contributed by atoms with Crippen LogP contribution in [0.3, 0.4) is 0 Å². The molecule has 4 N–H and O–H groups in total. The largest absolute Gasteiger partial charge is 0.340 e. The van der Waals surface area contributed by atoms with Gasteiger partial charge in [0, 0.05) is 35.4 Å². The number of sulfonamides is 2. The van der Waals surface area contributed by atoms with Gasteiger partial charge in [-0.25, -0.2) is 26.5 Å². The standard InChI is InChI=1S/C27H28N6O4S2/c1-19-17-28-27(31-22-11-13-25(14-12-22)39(36,37)33-23-5-3-2-4-6-23)32-26(19)30-21-9-7-20(8-10-21)18-29-38(34,35)24-15-16-24/h2-14,17,24,29,33H,15-16,18H2,1H3,(H2,28,30,31,32). The molecule has 3 aromatic carbocycles. The number of nitrogens with zero attached hydrogens (tertiary/aromatic N) is 2. The summed E-state index contributed by atoms with van der Waals surface area (Å²) in [6, 6.07) is 22.4. The summed E-state index contributed by atoms with van der Waals surface area (Å²) in [6.45, 7) is 2.13. The molecule has 4 aromatic rings. The monoisotopic (exact) mass is 564 g/mol. The number of nitrogens with one attached hydrogen (secondary N) is 4. The summed E-state index contributed by atoms with van der Waals surface area (Å²) < 4.78 is 54.6. The zero-order chi connectivity index (χ0) is 27.5. The van der Waals surface area contributed by atoms with E-state index >= 15 is 0 Å². The molecule has 1 aliphatic rings. The van der Waals surface area contributed by atoms with Crippen molar-refractivity contribution in [3.05, 3.63) is 96.2 Å². The van der Waals surface area contributed by atoms with Gasteiger partial charge in [0.05, 0.1) is 10.1 Å².